The number of fused-ring (bicyclic) bond motifs is 2. The van der Waals surface area contributed by atoms with E-state index >= 15 is 0 Å². The number of rotatable bonds is 8. The second-order valence-electron chi connectivity index (χ2n) is 13.1. The number of ether oxygens (including phenoxy) is 3. The number of pyridine rings is 1. The molecular formula is C42H39N3O7. The lowest BCUT2D eigenvalue weighted by atomic mass is 9.91. The number of carbonyl (C=O) groups is 3. The molecule has 2 aliphatic heterocycles. The number of benzene rings is 4. The van der Waals surface area contributed by atoms with E-state index in [2.05, 4.69) is 10.3 Å². The average molecular weight is 698 g/mol. The Kier molecular flexibility index (Phi) is 9.63. The molecule has 2 amide bonds. The number of phenols is 1. The second-order valence-corrected chi connectivity index (χ2v) is 13.1. The predicted molar refractivity (Wildman–Crippen MR) is 194 cm³/mol. The van der Waals surface area contributed by atoms with E-state index in [1.807, 2.05) is 62.4 Å². The highest BCUT2D eigenvalue weighted by atomic mass is 16.6. The minimum atomic E-state index is -0.986. The molecule has 0 aliphatic carbocycles. The zero-order valence-corrected chi connectivity index (χ0v) is 29.2. The van der Waals surface area contributed by atoms with Gasteiger partial charge in [0.05, 0.1) is 7.11 Å². The van der Waals surface area contributed by atoms with Crippen molar-refractivity contribution in [1.29, 1.82) is 0 Å². The molecule has 3 heterocycles. The van der Waals surface area contributed by atoms with Crippen LogP contribution >= 0.6 is 0 Å². The summed E-state index contributed by atoms with van der Waals surface area (Å²) in [5.41, 5.74) is 7.95. The number of nitrogens with one attached hydrogen (secondary N) is 1. The summed E-state index contributed by atoms with van der Waals surface area (Å²) in [6, 6.07) is 27.3. The van der Waals surface area contributed by atoms with Crippen molar-refractivity contribution >= 4 is 17.8 Å². The Morgan fingerprint density at radius 3 is 2.40 bits per heavy atom. The van der Waals surface area contributed by atoms with Gasteiger partial charge in [0, 0.05) is 36.8 Å². The zero-order chi connectivity index (χ0) is 36.4. The summed E-state index contributed by atoms with van der Waals surface area (Å²) in [6.45, 7) is 4.42. The van der Waals surface area contributed by atoms with Crippen LogP contribution in [0.1, 0.15) is 50.0 Å². The van der Waals surface area contributed by atoms with Crippen molar-refractivity contribution in [2.24, 2.45) is 0 Å². The number of hydrogen-bond donors (Lipinski definition) is 2. The van der Waals surface area contributed by atoms with Crippen LogP contribution in [0, 0.1) is 13.8 Å². The van der Waals surface area contributed by atoms with Crippen LogP contribution in [0.5, 0.6) is 17.2 Å². The molecule has 10 nitrogen and oxygen atoms in total. The van der Waals surface area contributed by atoms with E-state index in [0.717, 1.165) is 44.6 Å². The summed E-state index contributed by atoms with van der Waals surface area (Å²) in [5, 5.41) is 12.6. The third-order valence-electron chi connectivity index (χ3n) is 9.87. The van der Waals surface area contributed by atoms with E-state index in [0.29, 0.717) is 17.1 Å². The van der Waals surface area contributed by atoms with Gasteiger partial charge in [-0.3, -0.25) is 14.6 Å². The van der Waals surface area contributed by atoms with Crippen molar-refractivity contribution in [2.45, 2.75) is 51.4 Å². The van der Waals surface area contributed by atoms with E-state index in [-0.39, 0.29) is 43.8 Å². The van der Waals surface area contributed by atoms with Gasteiger partial charge in [0.1, 0.15) is 24.4 Å². The number of amides is 2. The normalized spacial score (nSPS) is 16.7. The molecule has 5 aromatic rings. The second kappa shape index (κ2) is 14.6. The molecule has 0 saturated carbocycles. The number of phenolic OH excluding ortho intramolecular Hbond substituents is 1. The van der Waals surface area contributed by atoms with Crippen LogP contribution in [0.4, 0.5) is 0 Å². The highest BCUT2D eigenvalue weighted by molar-refractivity contribution is 5.98. The van der Waals surface area contributed by atoms with Gasteiger partial charge in [0.25, 0.3) is 5.91 Å². The molecule has 1 aromatic heterocycles. The Labute approximate surface area is 302 Å². The van der Waals surface area contributed by atoms with Crippen LogP contribution in [0.25, 0.3) is 11.1 Å². The first-order chi connectivity index (χ1) is 25.2. The van der Waals surface area contributed by atoms with Crippen molar-refractivity contribution < 1.29 is 33.7 Å². The molecule has 0 fully saturated rings. The molecule has 0 spiro atoms. The Hall–Kier alpha value is -6.16. The van der Waals surface area contributed by atoms with Gasteiger partial charge in [-0.25, -0.2) is 4.79 Å². The standard InChI is InChI=1S/C42H39N3O7/c1-25-26(2)43-18-17-34(25)28-11-9-27(10-12-28)19-35(42(49)50-3)44-40(47)36-20-31-21-37-38(52-39(24-51-37)29-13-15-33(46)16-14-29)22-32(31)23-45(36)41(48)30-7-5-4-6-8-30/h4-18,21-22,35-36,39,46H,19-20,23-24H2,1-3H3,(H,44,47). The number of nitrogens with zero attached hydrogens (tertiary/aromatic N) is 2. The molecule has 10 heteroatoms. The topological polar surface area (TPSA) is 127 Å². The van der Waals surface area contributed by atoms with E-state index in [4.69, 9.17) is 14.2 Å². The third-order valence-corrected chi connectivity index (χ3v) is 9.87. The summed E-state index contributed by atoms with van der Waals surface area (Å²) < 4.78 is 17.6. The van der Waals surface area contributed by atoms with Crippen LogP contribution in [0.15, 0.2) is 103 Å². The quantitative estimate of drug-likeness (QED) is 0.188. The molecule has 0 saturated heterocycles. The van der Waals surface area contributed by atoms with Gasteiger partial charge >= 0.3 is 5.97 Å². The summed E-state index contributed by atoms with van der Waals surface area (Å²) in [7, 11) is 1.29. The average Bonchev–Trinajstić information content (AvgIpc) is 3.17. The number of carbonyl (C=O) groups excluding carboxylic acids is 3. The lowest BCUT2D eigenvalue weighted by molar-refractivity contribution is -0.145. The van der Waals surface area contributed by atoms with E-state index in [1.54, 1.807) is 59.6 Å². The molecule has 52 heavy (non-hydrogen) atoms. The first kappa shape index (κ1) is 34.3. The van der Waals surface area contributed by atoms with Crippen molar-refractivity contribution in [1.82, 2.24) is 15.2 Å². The highest BCUT2D eigenvalue weighted by Crippen LogP contribution is 2.41. The monoisotopic (exact) mass is 697 g/mol. The number of hydrogen-bond acceptors (Lipinski definition) is 8. The molecule has 0 bridgehead atoms. The minimum absolute atomic E-state index is 0.139. The lowest BCUT2D eigenvalue weighted by Crippen LogP contribution is -2.56. The Bertz CT molecular complexity index is 2120. The zero-order valence-electron chi connectivity index (χ0n) is 29.2. The number of aromatic hydroxyl groups is 1. The Balaban J connectivity index is 1.14. The molecule has 7 rings (SSSR count). The summed E-state index contributed by atoms with van der Waals surface area (Å²) in [4.78, 5) is 47.2. The number of aromatic nitrogens is 1. The largest absolute Gasteiger partial charge is 0.508 e. The summed E-state index contributed by atoms with van der Waals surface area (Å²) in [5.74, 6) is -0.122. The van der Waals surface area contributed by atoms with Crippen molar-refractivity contribution in [3.05, 3.63) is 142 Å². The van der Waals surface area contributed by atoms with E-state index in [9.17, 15) is 19.5 Å². The first-order valence-corrected chi connectivity index (χ1v) is 17.2. The number of methoxy groups -OCH3 is 1. The molecule has 2 N–H and O–H groups in total. The molecule has 3 atom stereocenters. The van der Waals surface area contributed by atoms with Crippen LogP contribution in [-0.2, 0) is 33.7 Å². The molecule has 2 aliphatic rings. The van der Waals surface area contributed by atoms with Crippen molar-refractivity contribution in [3.8, 4) is 28.4 Å². The molecule has 4 aromatic carbocycles. The highest BCUT2D eigenvalue weighted by Gasteiger charge is 2.38. The number of aryl methyl sites for hydroxylation is 1. The van der Waals surface area contributed by atoms with Gasteiger partial charge in [0.15, 0.2) is 17.6 Å². The van der Waals surface area contributed by atoms with E-state index in [1.165, 1.54) is 7.11 Å². The maximum absolute atomic E-state index is 14.2. The minimum Gasteiger partial charge on any atom is -0.508 e. The summed E-state index contributed by atoms with van der Waals surface area (Å²) >= 11 is 0. The van der Waals surface area contributed by atoms with Crippen molar-refractivity contribution in [3.63, 3.8) is 0 Å². The fourth-order valence-corrected chi connectivity index (χ4v) is 6.81. The molecule has 3 unspecified atom stereocenters. The predicted octanol–water partition coefficient (Wildman–Crippen LogP) is 6.05. The molecule has 264 valence electrons. The van der Waals surface area contributed by atoms with Crippen LogP contribution in [-0.4, -0.2) is 58.6 Å². The number of esters is 1. The third kappa shape index (κ3) is 7.05. The van der Waals surface area contributed by atoms with Crippen LogP contribution in [0.3, 0.4) is 0 Å². The van der Waals surface area contributed by atoms with Crippen LogP contribution in [0.2, 0.25) is 0 Å². The summed E-state index contributed by atoms with van der Waals surface area (Å²) in [6.07, 6.45) is 1.80. The lowest BCUT2D eigenvalue weighted by Gasteiger charge is -2.37. The SMILES string of the molecule is COC(=O)C(Cc1ccc(-c2ccnc(C)c2C)cc1)NC(=O)C1Cc2cc3c(cc2CN1C(=O)c1ccccc1)OC(c1ccc(O)cc1)CO3. The van der Waals surface area contributed by atoms with Gasteiger partial charge in [-0.2, -0.15) is 0 Å². The maximum Gasteiger partial charge on any atom is 0.328 e. The smallest absolute Gasteiger partial charge is 0.328 e. The van der Waals surface area contributed by atoms with Gasteiger partial charge < -0.3 is 29.5 Å². The van der Waals surface area contributed by atoms with E-state index < -0.39 is 24.0 Å². The first-order valence-electron chi connectivity index (χ1n) is 17.2. The van der Waals surface area contributed by atoms with Gasteiger partial charge in [-0.15, -0.1) is 0 Å². The van der Waals surface area contributed by atoms with Gasteiger partial charge in [-0.1, -0.05) is 54.6 Å². The van der Waals surface area contributed by atoms with Crippen LogP contribution < -0.4 is 14.8 Å². The Morgan fingerprint density at radius 2 is 1.67 bits per heavy atom. The molecule has 0 radical (unpaired) electrons. The maximum atomic E-state index is 14.2. The van der Waals surface area contributed by atoms with Gasteiger partial charge in [-0.05, 0) is 95.3 Å². The van der Waals surface area contributed by atoms with Crippen molar-refractivity contribution in [2.75, 3.05) is 13.7 Å². The fraction of sp³-hybridized carbons (Fsp3) is 0.238. The van der Waals surface area contributed by atoms with Gasteiger partial charge in [0.2, 0.25) is 5.91 Å². The fourth-order valence-electron chi connectivity index (χ4n) is 6.81. The Morgan fingerprint density at radius 1 is 0.942 bits per heavy atom. The molecular weight excluding hydrogens is 658 g/mol.